The van der Waals surface area contributed by atoms with Crippen molar-refractivity contribution in [2.75, 3.05) is 24.6 Å². The standard InChI is InChI=1S/C13H17NO3/c15-9-10-2-1-7-14(8-10)12-5-3-11(4-6-12)13(16)17/h3-6,10,15H,1-2,7-9H2,(H,16,17)/t10-/m0/s1. The maximum absolute atomic E-state index is 10.7. The fourth-order valence-electron chi connectivity index (χ4n) is 2.26. The van der Waals surface area contributed by atoms with E-state index in [1.165, 1.54) is 0 Å². The summed E-state index contributed by atoms with van der Waals surface area (Å²) in [6, 6.07) is 6.92. The van der Waals surface area contributed by atoms with E-state index >= 15 is 0 Å². The van der Waals surface area contributed by atoms with Gasteiger partial charge in [0.2, 0.25) is 0 Å². The zero-order valence-corrected chi connectivity index (χ0v) is 9.67. The summed E-state index contributed by atoms with van der Waals surface area (Å²) in [7, 11) is 0. The fourth-order valence-corrected chi connectivity index (χ4v) is 2.26. The lowest BCUT2D eigenvalue weighted by Crippen LogP contribution is -2.36. The molecular formula is C13H17NO3. The van der Waals surface area contributed by atoms with Crippen molar-refractivity contribution in [1.29, 1.82) is 0 Å². The second-order valence-electron chi connectivity index (χ2n) is 4.49. The van der Waals surface area contributed by atoms with Gasteiger partial charge < -0.3 is 15.1 Å². The van der Waals surface area contributed by atoms with E-state index in [2.05, 4.69) is 4.90 Å². The zero-order valence-electron chi connectivity index (χ0n) is 9.67. The molecule has 92 valence electrons. The lowest BCUT2D eigenvalue weighted by molar-refractivity contribution is 0.0697. The molecule has 1 heterocycles. The van der Waals surface area contributed by atoms with Crippen molar-refractivity contribution < 1.29 is 15.0 Å². The molecule has 0 bridgehead atoms. The Morgan fingerprint density at radius 2 is 2.06 bits per heavy atom. The number of hydrogen-bond acceptors (Lipinski definition) is 3. The number of carboxylic acids is 1. The van der Waals surface area contributed by atoms with E-state index < -0.39 is 5.97 Å². The lowest BCUT2D eigenvalue weighted by Gasteiger charge is -2.33. The number of aliphatic hydroxyl groups excluding tert-OH is 1. The normalized spacial score (nSPS) is 20.3. The molecule has 0 unspecified atom stereocenters. The minimum Gasteiger partial charge on any atom is -0.478 e. The van der Waals surface area contributed by atoms with Crippen LogP contribution in [0.3, 0.4) is 0 Å². The van der Waals surface area contributed by atoms with Gasteiger partial charge in [0.15, 0.2) is 0 Å². The quantitative estimate of drug-likeness (QED) is 0.835. The first-order valence-electron chi connectivity index (χ1n) is 5.90. The Kier molecular flexibility index (Phi) is 3.64. The molecule has 1 fully saturated rings. The van der Waals surface area contributed by atoms with Crippen LogP contribution in [0.4, 0.5) is 5.69 Å². The van der Waals surface area contributed by atoms with E-state index in [0.29, 0.717) is 11.5 Å². The molecule has 1 aromatic rings. The van der Waals surface area contributed by atoms with Gasteiger partial charge in [-0.3, -0.25) is 0 Å². The predicted octanol–water partition coefficient (Wildman–Crippen LogP) is 1.59. The Bertz CT molecular complexity index is 388. The van der Waals surface area contributed by atoms with E-state index in [0.717, 1.165) is 31.6 Å². The maximum atomic E-state index is 10.7. The summed E-state index contributed by atoms with van der Waals surface area (Å²) in [6.45, 7) is 2.05. The predicted molar refractivity (Wildman–Crippen MR) is 65.4 cm³/mol. The van der Waals surface area contributed by atoms with Gasteiger partial charge in [0.05, 0.1) is 5.56 Å². The number of carboxylic acid groups (broad SMARTS) is 1. The Balaban J connectivity index is 2.08. The molecule has 0 aromatic heterocycles. The van der Waals surface area contributed by atoms with Crippen molar-refractivity contribution >= 4 is 11.7 Å². The number of aromatic carboxylic acids is 1. The molecule has 1 aliphatic heterocycles. The van der Waals surface area contributed by atoms with Gasteiger partial charge >= 0.3 is 5.97 Å². The average Bonchev–Trinajstić information content (AvgIpc) is 2.39. The number of piperidine rings is 1. The molecule has 1 saturated heterocycles. The minimum atomic E-state index is -0.900. The lowest BCUT2D eigenvalue weighted by atomic mass is 9.98. The molecule has 0 aliphatic carbocycles. The first kappa shape index (κ1) is 11.9. The van der Waals surface area contributed by atoms with Crippen molar-refractivity contribution in [3.63, 3.8) is 0 Å². The minimum absolute atomic E-state index is 0.226. The summed E-state index contributed by atoms with van der Waals surface area (Å²) in [6.07, 6.45) is 2.14. The third kappa shape index (κ3) is 2.77. The summed E-state index contributed by atoms with van der Waals surface area (Å²) < 4.78 is 0. The van der Waals surface area contributed by atoms with Crippen LogP contribution in [0, 0.1) is 5.92 Å². The molecule has 4 heteroatoms. The summed E-state index contributed by atoms with van der Waals surface area (Å²) in [5.41, 5.74) is 1.35. The van der Waals surface area contributed by atoms with Crippen LogP contribution < -0.4 is 4.90 Å². The molecular weight excluding hydrogens is 218 g/mol. The number of rotatable bonds is 3. The summed E-state index contributed by atoms with van der Waals surface area (Å²) >= 11 is 0. The highest BCUT2D eigenvalue weighted by molar-refractivity contribution is 5.88. The average molecular weight is 235 g/mol. The van der Waals surface area contributed by atoms with Crippen LogP contribution in [-0.4, -0.2) is 35.9 Å². The van der Waals surface area contributed by atoms with E-state index in [9.17, 15) is 4.79 Å². The molecule has 0 spiro atoms. The molecule has 0 radical (unpaired) electrons. The van der Waals surface area contributed by atoms with Crippen molar-refractivity contribution in [2.45, 2.75) is 12.8 Å². The van der Waals surface area contributed by atoms with Crippen LogP contribution in [-0.2, 0) is 0 Å². The van der Waals surface area contributed by atoms with E-state index in [4.69, 9.17) is 10.2 Å². The van der Waals surface area contributed by atoms with Crippen molar-refractivity contribution in [3.8, 4) is 0 Å². The van der Waals surface area contributed by atoms with Crippen molar-refractivity contribution in [1.82, 2.24) is 0 Å². The molecule has 0 saturated carbocycles. The Morgan fingerprint density at radius 1 is 1.35 bits per heavy atom. The van der Waals surface area contributed by atoms with Crippen LogP contribution in [0.15, 0.2) is 24.3 Å². The number of benzene rings is 1. The number of carbonyl (C=O) groups is 1. The SMILES string of the molecule is O=C(O)c1ccc(N2CCC[C@H](CO)C2)cc1. The summed E-state index contributed by atoms with van der Waals surface area (Å²) in [4.78, 5) is 12.9. The monoisotopic (exact) mass is 235 g/mol. The molecule has 2 rings (SSSR count). The fraction of sp³-hybridized carbons (Fsp3) is 0.462. The van der Waals surface area contributed by atoms with Gasteiger partial charge in [-0.05, 0) is 43.0 Å². The second kappa shape index (κ2) is 5.19. The first-order chi connectivity index (χ1) is 8.20. The van der Waals surface area contributed by atoms with E-state index in [1.807, 2.05) is 12.1 Å². The number of nitrogens with zero attached hydrogens (tertiary/aromatic N) is 1. The molecule has 1 aliphatic rings. The third-order valence-electron chi connectivity index (χ3n) is 3.26. The van der Waals surface area contributed by atoms with Gasteiger partial charge in [-0.15, -0.1) is 0 Å². The molecule has 1 atom stereocenters. The highest BCUT2D eigenvalue weighted by Gasteiger charge is 2.19. The second-order valence-corrected chi connectivity index (χ2v) is 4.49. The number of hydrogen-bond donors (Lipinski definition) is 2. The largest absolute Gasteiger partial charge is 0.478 e. The molecule has 0 amide bonds. The topological polar surface area (TPSA) is 60.8 Å². The van der Waals surface area contributed by atoms with Crippen molar-refractivity contribution in [2.24, 2.45) is 5.92 Å². The first-order valence-corrected chi connectivity index (χ1v) is 5.90. The Hall–Kier alpha value is -1.55. The van der Waals surface area contributed by atoms with E-state index in [1.54, 1.807) is 12.1 Å². The molecule has 4 nitrogen and oxygen atoms in total. The van der Waals surface area contributed by atoms with Gasteiger partial charge in [0.25, 0.3) is 0 Å². The van der Waals surface area contributed by atoms with Gasteiger partial charge in [-0.1, -0.05) is 0 Å². The maximum Gasteiger partial charge on any atom is 0.335 e. The summed E-state index contributed by atoms with van der Waals surface area (Å²) in [5.74, 6) is -0.564. The molecule has 17 heavy (non-hydrogen) atoms. The van der Waals surface area contributed by atoms with Gasteiger partial charge in [0, 0.05) is 25.4 Å². The smallest absolute Gasteiger partial charge is 0.335 e. The molecule has 1 aromatic carbocycles. The summed E-state index contributed by atoms with van der Waals surface area (Å²) in [5, 5.41) is 18.0. The zero-order chi connectivity index (χ0) is 12.3. The van der Waals surface area contributed by atoms with Crippen LogP contribution in [0.2, 0.25) is 0 Å². The van der Waals surface area contributed by atoms with Crippen LogP contribution in [0.25, 0.3) is 0 Å². The van der Waals surface area contributed by atoms with Crippen molar-refractivity contribution in [3.05, 3.63) is 29.8 Å². The highest BCUT2D eigenvalue weighted by atomic mass is 16.4. The Morgan fingerprint density at radius 3 is 2.65 bits per heavy atom. The van der Waals surface area contributed by atoms with E-state index in [-0.39, 0.29) is 6.61 Å². The number of aliphatic hydroxyl groups is 1. The van der Waals surface area contributed by atoms with Crippen LogP contribution >= 0.6 is 0 Å². The number of anilines is 1. The van der Waals surface area contributed by atoms with Crippen LogP contribution in [0.5, 0.6) is 0 Å². The Labute approximate surface area is 100 Å². The third-order valence-corrected chi connectivity index (χ3v) is 3.26. The van der Waals surface area contributed by atoms with Crippen LogP contribution in [0.1, 0.15) is 23.2 Å². The molecule has 2 N–H and O–H groups in total. The van der Waals surface area contributed by atoms with Gasteiger partial charge in [-0.2, -0.15) is 0 Å². The van der Waals surface area contributed by atoms with Gasteiger partial charge in [0.1, 0.15) is 0 Å². The van der Waals surface area contributed by atoms with Gasteiger partial charge in [-0.25, -0.2) is 4.79 Å². The highest BCUT2D eigenvalue weighted by Crippen LogP contribution is 2.23.